The van der Waals surface area contributed by atoms with Crippen molar-refractivity contribution in [2.45, 2.75) is 64.1 Å². The third kappa shape index (κ3) is 5.89. The number of benzene rings is 1. The monoisotopic (exact) mass is 497 g/mol. The number of carbonyl (C=O) groups excluding carboxylic acids is 2. The molecule has 0 saturated carbocycles. The lowest BCUT2D eigenvalue weighted by molar-refractivity contribution is -0.115. The lowest BCUT2D eigenvalue weighted by atomic mass is 10.0. The lowest BCUT2D eigenvalue weighted by Gasteiger charge is -2.30. The zero-order valence-corrected chi connectivity index (χ0v) is 21.1. The highest BCUT2D eigenvalue weighted by molar-refractivity contribution is 7.90. The van der Waals surface area contributed by atoms with E-state index >= 15 is 0 Å². The first-order valence-corrected chi connectivity index (χ1v) is 13.1. The summed E-state index contributed by atoms with van der Waals surface area (Å²) < 4.78 is 42.9. The summed E-state index contributed by atoms with van der Waals surface area (Å²) in [4.78, 5) is 32.0. The van der Waals surface area contributed by atoms with E-state index in [4.69, 9.17) is 4.74 Å². The van der Waals surface area contributed by atoms with Crippen molar-refractivity contribution in [2.24, 2.45) is 5.92 Å². The number of hydrogen-bond donors (Lipinski definition) is 1. The fourth-order valence-electron chi connectivity index (χ4n) is 3.57. The van der Waals surface area contributed by atoms with E-state index in [1.165, 1.54) is 23.5 Å². The van der Waals surface area contributed by atoms with Crippen molar-refractivity contribution < 1.29 is 27.1 Å². The van der Waals surface area contributed by atoms with Gasteiger partial charge in [-0.1, -0.05) is 31.3 Å². The number of nitrogens with zero attached hydrogens (tertiary/aromatic N) is 2. The van der Waals surface area contributed by atoms with Gasteiger partial charge < -0.3 is 10.1 Å². The van der Waals surface area contributed by atoms with Crippen LogP contribution in [0.1, 0.15) is 56.8 Å². The van der Waals surface area contributed by atoms with Crippen LogP contribution >= 0.6 is 11.3 Å². The third-order valence-electron chi connectivity index (χ3n) is 4.97. The smallest absolute Gasteiger partial charge is 0.411 e. The molecule has 1 N–H and O–H groups in total. The molecule has 1 aliphatic rings. The molecule has 0 fully saturated rings. The van der Waals surface area contributed by atoms with E-state index in [1.807, 2.05) is 34.6 Å². The number of sulfone groups is 1. The van der Waals surface area contributed by atoms with Gasteiger partial charge in [-0.25, -0.2) is 22.6 Å². The Morgan fingerprint density at radius 1 is 1.33 bits per heavy atom. The Morgan fingerprint density at radius 3 is 2.55 bits per heavy atom. The Labute approximate surface area is 197 Å². The van der Waals surface area contributed by atoms with Gasteiger partial charge in [0.2, 0.25) is 5.91 Å². The predicted molar refractivity (Wildman–Crippen MR) is 123 cm³/mol. The second kappa shape index (κ2) is 9.02. The minimum atomic E-state index is -3.54. The average molecular weight is 498 g/mol. The topological polar surface area (TPSA) is 106 Å². The van der Waals surface area contributed by atoms with Crippen molar-refractivity contribution in [3.05, 3.63) is 40.2 Å². The van der Waals surface area contributed by atoms with Gasteiger partial charge in [-0.2, -0.15) is 0 Å². The minimum Gasteiger partial charge on any atom is -0.444 e. The molecule has 2 heterocycles. The number of nitrogens with one attached hydrogen (secondary N) is 1. The van der Waals surface area contributed by atoms with E-state index in [1.54, 1.807) is 4.90 Å². The number of ether oxygens (including phenoxy) is 1. The Morgan fingerprint density at radius 2 is 2.00 bits per heavy atom. The number of anilines is 1. The van der Waals surface area contributed by atoms with E-state index in [0.717, 1.165) is 22.9 Å². The zero-order valence-electron chi connectivity index (χ0n) is 19.4. The van der Waals surface area contributed by atoms with Gasteiger partial charge in [0.25, 0.3) is 0 Å². The van der Waals surface area contributed by atoms with Crippen LogP contribution in [0.5, 0.6) is 0 Å². The fourth-order valence-corrected chi connectivity index (χ4v) is 5.22. The molecule has 33 heavy (non-hydrogen) atoms. The van der Waals surface area contributed by atoms with Gasteiger partial charge >= 0.3 is 6.09 Å². The second-order valence-electron chi connectivity index (χ2n) is 9.37. The third-order valence-corrected chi connectivity index (χ3v) is 7.05. The standard InChI is InChI=1S/C22H28FN3O5S2/c1-12(2)19-18-16(11-26(19)21(28)31-22(3,4)5)32-20(25-18)24-17(27)9-13-7-8-14(10-15(13)23)33(6,29)30/h7-8,10,12,19H,9,11H2,1-6H3,(H,24,25,27). The van der Waals surface area contributed by atoms with Crippen LogP contribution in [-0.4, -0.2) is 42.2 Å². The van der Waals surface area contributed by atoms with Crippen LogP contribution < -0.4 is 5.32 Å². The molecule has 0 aliphatic carbocycles. The molecule has 0 bridgehead atoms. The molecule has 1 aliphatic heterocycles. The number of aromatic nitrogens is 1. The largest absolute Gasteiger partial charge is 0.444 e. The van der Waals surface area contributed by atoms with Gasteiger partial charge in [0.05, 0.1) is 34.5 Å². The first kappa shape index (κ1) is 25.1. The van der Waals surface area contributed by atoms with Gasteiger partial charge in [-0.15, -0.1) is 0 Å². The molecule has 1 aromatic heterocycles. The van der Waals surface area contributed by atoms with Crippen LogP contribution in [0.4, 0.5) is 14.3 Å². The highest BCUT2D eigenvalue weighted by Gasteiger charge is 2.40. The molecule has 11 heteroatoms. The molecule has 0 spiro atoms. The van der Waals surface area contributed by atoms with Gasteiger partial charge in [-0.3, -0.25) is 9.69 Å². The lowest BCUT2D eigenvalue weighted by Crippen LogP contribution is -2.37. The molecule has 0 saturated heterocycles. The number of rotatable bonds is 5. The van der Waals surface area contributed by atoms with Crippen molar-refractivity contribution in [3.8, 4) is 0 Å². The molecule has 1 unspecified atom stereocenters. The summed E-state index contributed by atoms with van der Waals surface area (Å²) in [6.07, 6.45) is 0.312. The number of carbonyl (C=O) groups is 2. The van der Waals surface area contributed by atoms with E-state index in [0.29, 0.717) is 11.7 Å². The van der Waals surface area contributed by atoms with Crippen LogP contribution in [-0.2, 0) is 32.3 Å². The number of hydrogen-bond acceptors (Lipinski definition) is 7. The van der Waals surface area contributed by atoms with Crippen LogP contribution in [0.2, 0.25) is 0 Å². The van der Waals surface area contributed by atoms with Crippen LogP contribution in [0, 0.1) is 11.7 Å². The quantitative estimate of drug-likeness (QED) is 0.660. The molecular weight excluding hydrogens is 469 g/mol. The molecule has 1 atom stereocenters. The maximum atomic E-state index is 14.3. The van der Waals surface area contributed by atoms with Gasteiger partial charge in [-0.05, 0) is 44.4 Å². The SMILES string of the molecule is CC(C)C1c2nc(NC(=O)Cc3ccc(S(C)(=O)=O)cc3F)sc2CN1C(=O)OC(C)(C)C. The molecule has 0 radical (unpaired) electrons. The van der Waals surface area contributed by atoms with Crippen molar-refractivity contribution in [3.63, 3.8) is 0 Å². The molecular formula is C22H28FN3O5S2. The first-order valence-electron chi connectivity index (χ1n) is 10.4. The van der Waals surface area contributed by atoms with E-state index in [9.17, 15) is 22.4 Å². The van der Waals surface area contributed by atoms with Gasteiger partial charge in [0, 0.05) is 6.26 Å². The molecule has 8 nitrogen and oxygen atoms in total. The van der Waals surface area contributed by atoms with Gasteiger partial charge in [0.15, 0.2) is 15.0 Å². The summed E-state index contributed by atoms with van der Waals surface area (Å²) in [6.45, 7) is 9.73. The van der Waals surface area contributed by atoms with E-state index in [2.05, 4.69) is 10.3 Å². The van der Waals surface area contributed by atoms with Crippen molar-refractivity contribution >= 4 is 38.3 Å². The normalized spacial score (nSPS) is 16.1. The Balaban J connectivity index is 1.72. The summed E-state index contributed by atoms with van der Waals surface area (Å²) in [5.74, 6) is -1.16. The number of fused-ring (bicyclic) bond motifs is 1. The van der Waals surface area contributed by atoms with Crippen LogP contribution in [0.3, 0.4) is 0 Å². The summed E-state index contributed by atoms with van der Waals surface area (Å²) in [7, 11) is -3.54. The van der Waals surface area contributed by atoms with Crippen LogP contribution in [0.25, 0.3) is 0 Å². The Kier molecular flexibility index (Phi) is 6.86. The minimum absolute atomic E-state index is 0.0758. The van der Waals surface area contributed by atoms with E-state index in [-0.39, 0.29) is 28.8 Å². The maximum absolute atomic E-state index is 14.3. The molecule has 3 rings (SSSR count). The fraction of sp³-hybridized carbons (Fsp3) is 0.500. The zero-order chi connectivity index (χ0) is 24.7. The van der Waals surface area contributed by atoms with E-state index < -0.39 is 33.3 Å². The average Bonchev–Trinajstić information content (AvgIpc) is 3.17. The highest BCUT2D eigenvalue weighted by atomic mass is 32.2. The number of thiazole rings is 1. The maximum Gasteiger partial charge on any atom is 0.411 e. The predicted octanol–water partition coefficient (Wildman–Crippen LogP) is 4.31. The number of halogens is 1. The van der Waals surface area contributed by atoms with Crippen molar-refractivity contribution in [1.82, 2.24) is 9.88 Å². The summed E-state index contributed by atoms with van der Waals surface area (Å²) in [5, 5.41) is 3.05. The molecule has 2 aromatic rings. The Bertz CT molecular complexity index is 1190. The van der Waals surface area contributed by atoms with Gasteiger partial charge in [0.1, 0.15) is 11.4 Å². The highest BCUT2D eigenvalue weighted by Crippen LogP contribution is 2.43. The second-order valence-corrected chi connectivity index (χ2v) is 12.5. The summed E-state index contributed by atoms with van der Waals surface area (Å²) >= 11 is 1.27. The first-order chi connectivity index (χ1) is 15.2. The van der Waals surface area contributed by atoms with Crippen LogP contribution in [0.15, 0.2) is 23.1 Å². The molecule has 2 amide bonds. The van der Waals surface area contributed by atoms with Crippen molar-refractivity contribution in [1.29, 1.82) is 0 Å². The molecule has 180 valence electrons. The summed E-state index contributed by atoms with van der Waals surface area (Å²) in [5.41, 5.74) is 0.190. The number of amides is 2. The Hall–Kier alpha value is -2.53. The van der Waals surface area contributed by atoms with Crippen molar-refractivity contribution in [2.75, 3.05) is 11.6 Å². The molecule has 1 aromatic carbocycles. The summed E-state index contributed by atoms with van der Waals surface area (Å²) in [6, 6.07) is 3.20.